The van der Waals surface area contributed by atoms with E-state index in [0.717, 1.165) is 25.1 Å². The highest BCUT2D eigenvalue weighted by Crippen LogP contribution is 2.20. The Morgan fingerprint density at radius 2 is 2.11 bits per heavy atom. The zero-order valence-electron chi connectivity index (χ0n) is 12.2. The Kier molecular flexibility index (Phi) is 5.93. The predicted octanol–water partition coefficient (Wildman–Crippen LogP) is 2.27. The summed E-state index contributed by atoms with van der Waals surface area (Å²) < 4.78 is 5.63. The minimum absolute atomic E-state index is 0.458. The summed E-state index contributed by atoms with van der Waals surface area (Å²) in [5.41, 5.74) is 0. The van der Waals surface area contributed by atoms with Crippen LogP contribution in [-0.4, -0.2) is 49.8 Å². The van der Waals surface area contributed by atoms with Gasteiger partial charge in [-0.2, -0.15) is 0 Å². The molecule has 0 aromatic rings. The summed E-state index contributed by atoms with van der Waals surface area (Å²) in [4.78, 5) is 2.63. The average molecular weight is 254 g/mol. The van der Waals surface area contributed by atoms with E-state index >= 15 is 0 Å². The second kappa shape index (κ2) is 7.46. The van der Waals surface area contributed by atoms with Gasteiger partial charge in [0, 0.05) is 19.2 Å². The van der Waals surface area contributed by atoms with E-state index in [9.17, 15) is 0 Å². The van der Waals surface area contributed by atoms with E-state index in [-0.39, 0.29) is 0 Å². The lowest BCUT2D eigenvalue weighted by molar-refractivity contribution is 0.104. The largest absolute Gasteiger partial charge is 0.378 e. The standard InChI is InChI=1S/C15H30N2O/c1-3-8-17-9-4-5-15(6-10-17)16-12-14-7-11-18-13(14)2/h13-16H,3-12H2,1-2H3. The number of hydrogen-bond acceptors (Lipinski definition) is 3. The first-order valence-corrected chi connectivity index (χ1v) is 7.87. The van der Waals surface area contributed by atoms with Crippen LogP contribution in [0, 0.1) is 5.92 Å². The molecule has 0 saturated carbocycles. The number of nitrogens with one attached hydrogen (secondary N) is 1. The highest BCUT2D eigenvalue weighted by molar-refractivity contribution is 4.79. The molecule has 2 fully saturated rings. The van der Waals surface area contributed by atoms with E-state index in [1.807, 2.05) is 0 Å². The van der Waals surface area contributed by atoms with Crippen molar-refractivity contribution in [2.75, 3.05) is 32.8 Å². The minimum atomic E-state index is 0.458. The third kappa shape index (κ3) is 4.22. The lowest BCUT2D eigenvalue weighted by Gasteiger charge is -2.21. The number of likely N-dealkylation sites (tertiary alicyclic amines) is 1. The monoisotopic (exact) mass is 254 g/mol. The van der Waals surface area contributed by atoms with Gasteiger partial charge < -0.3 is 15.0 Å². The zero-order valence-corrected chi connectivity index (χ0v) is 12.2. The Balaban J connectivity index is 1.67. The maximum Gasteiger partial charge on any atom is 0.0588 e. The second-order valence-corrected chi connectivity index (χ2v) is 6.00. The third-order valence-electron chi connectivity index (χ3n) is 4.56. The van der Waals surface area contributed by atoms with Gasteiger partial charge in [-0.3, -0.25) is 0 Å². The van der Waals surface area contributed by atoms with Gasteiger partial charge in [0.15, 0.2) is 0 Å². The smallest absolute Gasteiger partial charge is 0.0588 e. The van der Waals surface area contributed by atoms with E-state index in [2.05, 4.69) is 24.1 Å². The topological polar surface area (TPSA) is 24.5 Å². The predicted molar refractivity (Wildman–Crippen MR) is 75.9 cm³/mol. The molecule has 0 spiro atoms. The zero-order chi connectivity index (χ0) is 12.8. The van der Waals surface area contributed by atoms with Crippen molar-refractivity contribution in [3.63, 3.8) is 0 Å². The van der Waals surface area contributed by atoms with Crippen molar-refractivity contribution in [2.45, 2.75) is 58.1 Å². The normalized spacial score (nSPS) is 34.7. The molecular formula is C15H30N2O. The first-order chi connectivity index (χ1) is 8.79. The maximum absolute atomic E-state index is 5.63. The fourth-order valence-corrected chi connectivity index (χ4v) is 3.26. The highest BCUT2D eigenvalue weighted by Gasteiger charge is 2.25. The Labute approximate surface area is 112 Å². The van der Waals surface area contributed by atoms with E-state index in [4.69, 9.17) is 4.74 Å². The summed E-state index contributed by atoms with van der Waals surface area (Å²) in [6.07, 6.45) is 7.01. The number of rotatable bonds is 5. The van der Waals surface area contributed by atoms with Crippen molar-refractivity contribution >= 4 is 0 Å². The van der Waals surface area contributed by atoms with Crippen LogP contribution in [0.5, 0.6) is 0 Å². The molecule has 18 heavy (non-hydrogen) atoms. The van der Waals surface area contributed by atoms with Gasteiger partial charge in [-0.1, -0.05) is 6.92 Å². The molecule has 0 radical (unpaired) electrons. The SMILES string of the molecule is CCCN1CCCC(NCC2CCOC2C)CC1. The van der Waals surface area contributed by atoms with Gasteiger partial charge in [-0.25, -0.2) is 0 Å². The van der Waals surface area contributed by atoms with Crippen molar-refractivity contribution in [1.82, 2.24) is 10.2 Å². The van der Waals surface area contributed by atoms with Crippen molar-refractivity contribution in [3.05, 3.63) is 0 Å². The summed E-state index contributed by atoms with van der Waals surface area (Å²) >= 11 is 0. The Hall–Kier alpha value is -0.120. The van der Waals surface area contributed by atoms with Gasteiger partial charge in [-0.15, -0.1) is 0 Å². The first-order valence-electron chi connectivity index (χ1n) is 7.87. The van der Waals surface area contributed by atoms with Crippen molar-refractivity contribution < 1.29 is 4.74 Å². The van der Waals surface area contributed by atoms with Crippen molar-refractivity contribution in [3.8, 4) is 0 Å². The van der Waals surface area contributed by atoms with Crippen molar-refractivity contribution in [1.29, 1.82) is 0 Å². The molecule has 3 heteroatoms. The fraction of sp³-hybridized carbons (Fsp3) is 1.00. The molecule has 0 aromatic heterocycles. The molecule has 0 bridgehead atoms. The van der Waals surface area contributed by atoms with E-state index in [1.54, 1.807) is 0 Å². The molecule has 106 valence electrons. The molecule has 0 aromatic carbocycles. The summed E-state index contributed by atoms with van der Waals surface area (Å²) in [5.74, 6) is 0.736. The van der Waals surface area contributed by atoms with E-state index in [1.165, 1.54) is 51.7 Å². The van der Waals surface area contributed by atoms with Gasteiger partial charge in [0.05, 0.1) is 6.10 Å². The molecule has 3 nitrogen and oxygen atoms in total. The molecule has 2 saturated heterocycles. The lowest BCUT2D eigenvalue weighted by Crippen LogP contribution is -2.36. The number of hydrogen-bond donors (Lipinski definition) is 1. The summed E-state index contributed by atoms with van der Waals surface area (Å²) in [7, 11) is 0. The van der Waals surface area contributed by atoms with Gasteiger partial charge >= 0.3 is 0 Å². The van der Waals surface area contributed by atoms with Crippen LogP contribution in [0.25, 0.3) is 0 Å². The molecule has 2 aliphatic rings. The highest BCUT2D eigenvalue weighted by atomic mass is 16.5. The molecule has 3 unspecified atom stereocenters. The van der Waals surface area contributed by atoms with Crippen LogP contribution in [0.1, 0.15) is 46.0 Å². The Bertz CT molecular complexity index is 235. The summed E-state index contributed by atoms with van der Waals surface area (Å²) in [5, 5.41) is 3.79. The van der Waals surface area contributed by atoms with Crippen LogP contribution < -0.4 is 5.32 Å². The van der Waals surface area contributed by atoms with Gasteiger partial charge in [0.25, 0.3) is 0 Å². The number of nitrogens with zero attached hydrogens (tertiary/aromatic N) is 1. The number of ether oxygens (including phenoxy) is 1. The molecule has 2 heterocycles. The van der Waals surface area contributed by atoms with Crippen LogP contribution in [0.2, 0.25) is 0 Å². The molecule has 0 amide bonds. The van der Waals surface area contributed by atoms with Crippen molar-refractivity contribution in [2.24, 2.45) is 5.92 Å². The van der Waals surface area contributed by atoms with Crippen LogP contribution in [0.4, 0.5) is 0 Å². The van der Waals surface area contributed by atoms with Gasteiger partial charge in [0.2, 0.25) is 0 Å². The second-order valence-electron chi connectivity index (χ2n) is 6.00. The van der Waals surface area contributed by atoms with Gasteiger partial charge in [-0.05, 0) is 64.6 Å². The van der Waals surface area contributed by atoms with Gasteiger partial charge in [0.1, 0.15) is 0 Å². The van der Waals surface area contributed by atoms with E-state index < -0.39 is 0 Å². The molecule has 0 aliphatic carbocycles. The quantitative estimate of drug-likeness (QED) is 0.814. The Morgan fingerprint density at radius 3 is 2.83 bits per heavy atom. The first kappa shape index (κ1) is 14.3. The van der Waals surface area contributed by atoms with Crippen LogP contribution in [-0.2, 0) is 4.74 Å². The molecule has 1 N–H and O–H groups in total. The van der Waals surface area contributed by atoms with Crippen LogP contribution >= 0.6 is 0 Å². The lowest BCUT2D eigenvalue weighted by atomic mass is 10.0. The molecule has 2 aliphatic heterocycles. The fourth-order valence-electron chi connectivity index (χ4n) is 3.26. The Morgan fingerprint density at radius 1 is 1.22 bits per heavy atom. The van der Waals surface area contributed by atoms with Crippen LogP contribution in [0.3, 0.4) is 0 Å². The summed E-state index contributed by atoms with van der Waals surface area (Å²) in [6, 6.07) is 0.736. The third-order valence-corrected chi connectivity index (χ3v) is 4.56. The van der Waals surface area contributed by atoms with Crippen LogP contribution in [0.15, 0.2) is 0 Å². The minimum Gasteiger partial charge on any atom is -0.378 e. The molecular weight excluding hydrogens is 224 g/mol. The molecule has 2 rings (SSSR count). The summed E-state index contributed by atoms with van der Waals surface area (Å²) in [6.45, 7) is 10.5. The van der Waals surface area contributed by atoms with E-state index in [0.29, 0.717) is 6.10 Å². The molecule has 3 atom stereocenters. The maximum atomic E-state index is 5.63. The average Bonchev–Trinajstić information content (AvgIpc) is 2.63.